The summed E-state index contributed by atoms with van der Waals surface area (Å²) >= 11 is 0. The van der Waals surface area contributed by atoms with Crippen LogP contribution in [0.3, 0.4) is 0 Å². The number of fused-ring (bicyclic) bond motifs is 1. The van der Waals surface area contributed by atoms with Gasteiger partial charge in [-0.25, -0.2) is 22.8 Å². The molecule has 38 heavy (non-hydrogen) atoms. The van der Waals surface area contributed by atoms with Gasteiger partial charge in [-0.05, 0) is 49.9 Å². The summed E-state index contributed by atoms with van der Waals surface area (Å²) in [6, 6.07) is 11.9. The summed E-state index contributed by atoms with van der Waals surface area (Å²) in [6.07, 6.45) is 6.57. The first-order chi connectivity index (χ1) is 18.0. The second kappa shape index (κ2) is 10.5. The fourth-order valence-corrected chi connectivity index (χ4v) is 6.17. The molecule has 0 bridgehead atoms. The molecule has 9 heteroatoms. The van der Waals surface area contributed by atoms with Crippen LogP contribution < -0.4 is 0 Å². The van der Waals surface area contributed by atoms with E-state index < -0.39 is 21.1 Å². The monoisotopic (exact) mass is 532 g/mol. The normalized spacial score (nSPS) is 20.3. The second-order valence-electron chi connectivity index (χ2n) is 10.2. The van der Waals surface area contributed by atoms with E-state index in [4.69, 9.17) is 9.97 Å². The highest BCUT2D eigenvalue weighted by Crippen LogP contribution is 2.48. The lowest BCUT2D eigenvalue weighted by Crippen LogP contribution is -2.41. The van der Waals surface area contributed by atoms with Gasteiger partial charge in [-0.3, -0.25) is 4.98 Å². The maximum absolute atomic E-state index is 15.1. The van der Waals surface area contributed by atoms with Crippen molar-refractivity contribution in [2.45, 2.75) is 44.8 Å². The number of aldehydes is 1. The van der Waals surface area contributed by atoms with E-state index in [9.17, 15) is 18.5 Å². The summed E-state index contributed by atoms with van der Waals surface area (Å²) in [5.41, 5.74) is 2.70. The van der Waals surface area contributed by atoms with Crippen LogP contribution in [0.15, 0.2) is 54.2 Å². The van der Waals surface area contributed by atoms with Gasteiger partial charge < -0.3 is 4.79 Å². The number of rotatable bonds is 7. The average molecular weight is 533 g/mol. The van der Waals surface area contributed by atoms with E-state index >= 15 is 4.39 Å². The van der Waals surface area contributed by atoms with Crippen molar-refractivity contribution in [3.05, 3.63) is 77.0 Å². The van der Waals surface area contributed by atoms with Crippen LogP contribution in [0.5, 0.6) is 0 Å². The van der Waals surface area contributed by atoms with Crippen molar-refractivity contribution in [3.63, 3.8) is 0 Å². The van der Waals surface area contributed by atoms with Gasteiger partial charge in [-0.1, -0.05) is 32.1 Å². The largest absolute Gasteiger partial charge is 0.303 e. The summed E-state index contributed by atoms with van der Waals surface area (Å²) in [5, 5.41) is 9.61. The van der Waals surface area contributed by atoms with Crippen LogP contribution in [-0.2, 0) is 32.2 Å². The molecule has 1 aliphatic rings. The lowest BCUT2D eigenvalue weighted by molar-refractivity contribution is -0.112. The first-order valence-corrected chi connectivity index (χ1v) is 14.4. The molecule has 196 valence electrons. The molecule has 3 atom stereocenters. The summed E-state index contributed by atoms with van der Waals surface area (Å²) in [4.78, 5) is 25.8. The molecule has 2 heterocycles. The van der Waals surface area contributed by atoms with Crippen LogP contribution in [-0.4, -0.2) is 35.9 Å². The Hall–Kier alpha value is -3.77. The van der Waals surface area contributed by atoms with Gasteiger partial charge in [0.15, 0.2) is 15.7 Å². The number of carbonyl (C=O) groups is 1. The number of hydrogen-bond acceptors (Lipinski definition) is 7. The Morgan fingerprint density at radius 3 is 2.68 bits per heavy atom. The minimum Gasteiger partial charge on any atom is -0.303 e. The maximum Gasteiger partial charge on any atom is 0.160 e. The molecular weight excluding hydrogens is 503 g/mol. The Balaban J connectivity index is 2.05. The quantitative estimate of drug-likeness (QED) is 0.310. The number of nitrogens with zero attached hydrogens (tertiary/aromatic N) is 4. The topological polar surface area (TPSA) is 114 Å². The van der Waals surface area contributed by atoms with Crippen molar-refractivity contribution in [2.75, 3.05) is 6.26 Å². The fourth-order valence-electron chi connectivity index (χ4n) is 5.47. The zero-order valence-electron chi connectivity index (χ0n) is 21.8. The molecule has 1 aromatic carbocycles. The average Bonchev–Trinajstić information content (AvgIpc) is 2.87. The smallest absolute Gasteiger partial charge is 0.160 e. The van der Waals surface area contributed by atoms with Crippen molar-refractivity contribution in [1.29, 1.82) is 5.26 Å². The van der Waals surface area contributed by atoms with Gasteiger partial charge in [0.25, 0.3) is 0 Å². The van der Waals surface area contributed by atoms with E-state index in [0.29, 0.717) is 46.6 Å². The Morgan fingerprint density at radius 2 is 2.03 bits per heavy atom. The number of nitriles is 1. The van der Waals surface area contributed by atoms with Crippen LogP contribution in [0.4, 0.5) is 4.39 Å². The zero-order chi connectivity index (χ0) is 27.7. The molecule has 0 fully saturated rings. The fraction of sp³-hybridized carbons (Fsp3) is 0.345. The molecule has 4 rings (SSSR count). The van der Waals surface area contributed by atoms with Crippen molar-refractivity contribution in [3.8, 4) is 28.7 Å². The molecule has 0 radical (unpaired) electrons. The predicted molar refractivity (Wildman–Crippen MR) is 143 cm³/mol. The third-order valence-electron chi connectivity index (χ3n) is 7.15. The molecule has 0 saturated heterocycles. The number of carbonyl (C=O) groups excluding carboxylic acids is 1. The summed E-state index contributed by atoms with van der Waals surface area (Å²) in [6.45, 7) is 5.53. The number of sulfone groups is 1. The number of allylic oxidation sites excluding steroid dienone is 2. The third-order valence-corrected chi connectivity index (χ3v) is 7.97. The minimum atomic E-state index is -3.33. The van der Waals surface area contributed by atoms with E-state index in [-0.39, 0.29) is 23.4 Å². The second-order valence-corrected chi connectivity index (χ2v) is 12.3. The highest BCUT2D eigenvalue weighted by Gasteiger charge is 2.44. The van der Waals surface area contributed by atoms with Crippen LogP contribution in [0.1, 0.15) is 44.1 Å². The van der Waals surface area contributed by atoms with Crippen molar-refractivity contribution in [1.82, 2.24) is 15.0 Å². The highest BCUT2D eigenvalue weighted by atomic mass is 32.2. The van der Waals surface area contributed by atoms with E-state index in [2.05, 4.69) is 11.1 Å². The van der Waals surface area contributed by atoms with Crippen molar-refractivity contribution in [2.24, 2.45) is 11.8 Å². The standard InChI is InChI=1S/C29H29FN4O3S/c1-18(15-31)14-29(3)24(19(2)16-35)10-9-23-26(22-7-5-6-8-25(22)30)33-28(34-27(23)29)20-11-12-32-21(13-20)17-38(4,36)37/h5-8,11-14,16,19,24H,9-10,17H2,1-4H3/b18-14+/t19-,24+,29+/m0/s1. The highest BCUT2D eigenvalue weighted by molar-refractivity contribution is 7.89. The minimum absolute atomic E-state index is 0.148. The lowest BCUT2D eigenvalue weighted by atomic mass is 9.61. The summed E-state index contributed by atoms with van der Waals surface area (Å²) in [5.74, 6) is -0.848. The molecule has 3 aromatic rings. The van der Waals surface area contributed by atoms with E-state index in [1.54, 1.807) is 37.3 Å². The Bertz CT molecular complexity index is 1580. The molecule has 0 N–H and O–H groups in total. The van der Waals surface area contributed by atoms with Gasteiger partial charge in [-0.2, -0.15) is 5.26 Å². The van der Waals surface area contributed by atoms with Gasteiger partial charge >= 0.3 is 0 Å². The molecule has 2 aromatic heterocycles. The maximum atomic E-state index is 15.1. The van der Waals surface area contributed by atoms with Gasteiger partial charge in [-0.15, -0.1) is 0 Å². The Kier molecular flexibility index (Phi) is 7.56. The van der Waals surface area contributed by atoms with E-state index in [1.807, 2.05) is 19.9 Å². The number of halogens is 1. The first-order valence-electron chi connectivity index (χ1n) is 12.3. The van der Waals surface area contributed by atoms with Gasteiger partial charge in [0.2, 0.25) is 0 Å². The van der Waals surface area contributed by atoms with E-state index in [1.165, 1.54) is 12.3 Å². The number of benzene rings is 1. The molecule has 1 aliphatic carbocycles. The van der Waals surface area contributed by atoms with Gasteiger partial charge in [0.1, 0.15) is 12.1 Å². The molecule has 7 nitrogen and oxygen atoms in total. The first kappa shape index (κ1) is 27.3. The Morgan fingerprint density at radius 1 is 1.29 bits per heavy atom. The van der Waals surface area contributed by atoms with Gasteiger partial charge in [0.05, 0.1) is 28.9 Å². The van der Waals surface area contributed by atoms with Crippen LogP contribution >= 0.6 is 0 Å². The van der Waals surface area contributed by atoms with Crippen molar-refractivity contribution < 1.29 is 17.6 Å². The zero-order valence-corrected chi connectivity index (χ0v) is 22.6. The molecule has 0 unspecified atom stereocenters. The van der Waals surface area contributed by atoms with Crippen LogP contribution in [0, 0.1) is 29.0 Å². The van der Waals surface area contributed by atoms with Crippen LogP contribution in [0.2, 0.25) is 0 Å². The van der Waals surface area contributed by atoms with Crippen LogP contribution in [0.25, 0.3) is 22.6 Å². The molecular formula is C29H29FN4O3S. The molecule has 0 spiro atoms. The third kappa shape index (κ3) is 5.41. The number of aromatic nitrogens is 3. The Labute approximate surface area is 222 Å². The summed E-state index contributed by atoms with van der Waals surface area (Å²) in [7, 11) is -3.33. The van der Waals surface area contributed by atoms with Crippen molar-refractivity contribution >= 4 is 16.1 Å². The number of pyridine rings is 1. The summed E-state index contributed by atoms with van der Waals surface area (Å²) < 4.78 is 38.9. The molecule has 0 aliphatic heterocycles. The predicted octanol–water partition coefficient (Wildman–Crippen LogP) is 5.01. The lowest BCUT2D eigenvalue weighted by Gasteiger charge is -2.42. The number of hydrogen-bond donors (Lipinski definition) is 0. The van der Waals surface area contributed by atoms with E-state index in [0.717, 1.165) is 18.1 Å². The molecule has 0 amide bonds. The SMILES string of the molecule is C/C(C#N)=C\[C@@]1(C)c2nc(-c3ccnc(CS(C)(=O)=O)c3)nc(-c3ccccc3F)c2CC[C@@H]1[C@@H](C)C=O. The van der Waals surface area contributed by atoms with Gasteiger partial charge in [0, 0.05) is 46.0 Å². The molecule has 0 saturated carbocycles.